The van der Waals surface area contributed by atoms with Crippen LogP contribution in [0.4, 0.5) is 10.5 Å². The fraction of sp³-hybridized carbons (Fsp3) is 0.533. The summed E-state index contributed by atoms with van der Waals surface area (Å²) in [4.78, 5) is 15.7. The number of carbonyl (C=O) groups excluding carboxylic acids is 1. The molecule has 1 saturated heterocycles. The predicted molar refractivity (Wildman–Crippen MR) is 74.6 cm³/mol. The van der Waals surface area contributed by atoms with Crippen molar-refractivity contribution in [2.75, 3.05) is 38.7 Å². The van der Waals surface area contributed by atoms with Crippen LogP contribution in [0.2, 0.25) is 0 Å². The normalized spacial score (nSPS) is 20.5. The molecule has 0 saturated carbocycles. The average molecular weight is 260 g/mol. The van der Waals surface area contributed by atoms with E-state index in [1.165, 1.54) is 18.4 Å². The second-order valence-electron chi connectivity index (χ2n) is 5.61. The minimum atomic E-state index is -0.200. The Morgan fingerprint density at radius 3 is 2.63 bits per heavy atom. The number of likely N-dealkylation sites (N-methyl/N-ethyl adjacent to an activating group) is 1. The molecule has 1 spiro atoms. The van der Waals surface area contributed by atoms with Gasteiger partial charge < -0.3 is 14.5 Å². The number of carbonyl (C=O) groups is 1. The van der Waals surface area contributed by atoms with Crippen molar-refractivity contribution in [3.63, 3.8) is 0 Å². The summed E-state index contributed by atoms with van der Waals surface area (Å²) >= 11 is 0. The second kappa shape index (κ2) is 4.44. The summed E-state index contributed by atoms with van der Waals surface area (Å²) in [6.45, 7) is 2.63. The molecule has 0 atom stereocenters. The minimum absolute atomic E-state index is 0.200. The maximum absolute atomic E-state index is 11.6. The van der Waals surface area contributed by atoms with Crippen LogP contribution in [-0.4, -0.2) is 44.8 Å². The zero-order chi connectivity index (χ0) is 13.5. The SMILES string of the molecule is COC(=O)N1CCC2(CC1)CN(C)c1ccccc12. The van der Waals surface area contributed by atoms with Crippen LogP contribution in [0.25, 0.3) is 0 Å². The average Bonchev–Trinajstić information content (AvgIpc) is 2.72. The lowest BCUT2D eigenvalue weighted by molar-refractivity contribution is 0.101. The van der Waals surface area contributed by atoms with Crippen molar-refractivity contribution >= 4 is 11.8 Å². The molecule has 1 aromatic carbocycles. The third-order valence-electron chi connectivity index (χ3n) is 4.58. The largest absolute Gasteiger partial charge is 0.453 e. The third kappa shape index (κ3) is 1.86. The van der Waals surface area contributed by atoms with Gasteiger partial charge in [0.05, 0.1) is 7.11 Å². The molecule has 3 rings (SSSR count). The van der Waals surface area contributed by atoms with E-state index in [9.17, 15) is 4.79 Å². The first-order valence-corrected chi connectivity index (χ1v) is 6.80. The maximum Gasteiger partial charge on any atom is 0.409 e. The minimum Gasteiger partial charge on any atom is -0.453 e. The molecule has 0 bridgehead atoms. The quantitative estimate of drug-likeness (QED) is 0.717. The monoisotopic (exact) mass is 260 g/mol. The topological polar surface area (TPSA) is 32.8 Å². The number of fused-ring (bicyclic) bond motifs is 2. The Morgan fingerprint density at radius 1 is 1.26 bits per heavy atom. The smallest absolute Gasteiger partial charge is 0.409 e. The highest BCUT2D eigenvalue weighted by atomic mass is 16.5. The Hall–Kier alpha value is -1.71. The van der Waals surface area contributed by atoms with Crippen molar-refractivity contribution in [3.05, 3.63) is 29.8 Å². The molecule has 4 nitrogen and oxygen atoms in total. The van der Waals surface area contributed by atoms with E-state index in [1.54, 1.807) is 0 Å². The predicted octanol–water partition coefficient (Wildman–Crippen LogP) is 2.24. The summed E-state index contributed by atoms with van der Waals surface area (Å²) in [5, 5.41) is 0. The number of nitrogens with zero attached hydrogens (tertiary/aromatic N) is 2. The van der Waals surface area contributed by atoms with Crippen molar-refractivity contribution < 1.29 is 9.53 Å². The Bertz CT molecular complexity index is 493. The van der Waals surface area contributed by atoms with E-state index >= 15 is 0 Å². The highest BCUT2D eigenvalue weighted by molar-refractivity contribution is 5.68. The van der Waals surface area contributed by atoms with Crippen molar-refractivity contribution in [2.24, 2.45) is 0 Å². The molecule has 1 amide bonds. The van der Waals surface area contributed by atoms with Gasteiger partial charge in [-0.3, -0.25) is 0 Å². The molecule has 0 aliphatic carbocycles. The van der Waals surface area contributed by atoms with Gasteiger partial charge in [0.2, 0.25) is 0 Å². The van der Waals surface area contributed by atoms with E-state index in [1.807, 2.05) is 4.90 Å². The van der Waals surface area contributed by atoms with Crippen LogP contribution in [0, 0.1) is 0 Å². The lowest BCUT2D eigenvalue weighted by Gasteiger charge is -2.39. The zero-order valence-electron chi connectivity index (χ0n) is 11.6. The lowest BCUT2D eigenvalue weighted by Crippen LogP contribution is -2.46. The van der Waals surface area contributed by atoms with E-state index in [0.717, 1.165) is 32.5 Å². The van der Waals surface area contributed by atoms with Crippen LogP contribution >= 0.6 is 0 Å². The highest BCUT2D eigenvalue weighted by Gasteiger charge is 2.44. The molecule has 1 aromatic rings. The van der Waals surface area contributed by atoms with E-state index in [-0.39, 0.29) is 11.5 Å². The van der Waals surface area contributed by atoms with E-state index in [2.05, 4.69) is 36.2 Å². The van der Waals surface area contributed by atoms with Crippen molar-refractivity contribution in [1.29, 1.82) is 0 Å². The number of hydrogen-bond donors (Lipinski definition) is 0. The number of anilines is 1. The number of ether oxygens (including phenoxy) is 1. The molecule has 0 radical (unpaired) electrons. The summed E-state index contributed by atoms with van der Waals surface area (Å²) in [5.41, 5.74) is 3.01. The molecule has 4 heteroatoms. The van der Waals surface area contributed by atoms with Gasteiger partial charge in [0.1, 0.15) is 0 Å². The number of benzene rings is 1. The van der Waals surface area contributed by atoms with Gasteiger partial charge in [0.15, 0.2) is 0 Å². The van der Waals surface area contributed by atoms with E-state index in [4.69, 9.17) is 4.74 Å². The number of methoxy groups -OCH3 is 1. The number of rotatable bonds is 0. The van der Waals surface area contributed by atoms with E-state index < -0.39 is 0 Å². The van der Waals surface area contributed by atoms with Crippen LogP contribution in [0.5, 0.6) is 0 Å². The first-order chi connectivity index (χ1) is 9.16. The zero-order valence-corrected chi connectivity index (χ0v) is 11.6. The second-order valence-corrected chi connectivity index (χ2v) is 5.61. The summed E-state index contributed by atoms with van der Waals surface area (Å²) in [6, 6.07) is 8.65. The molecule has 2 heterocycles. The van der Waals surface area contributed by atoms with Crippen LogP contribution in [0.1, 0.15) is 18.4 Å². The Balaban J connectivity index is 1.83. The number of likely N-dealkylation sites (tertiary alicyclic amines) is 1. The van der Waals surface area contributed by atoms with Crippen molar-refractivity contribution in [1.82, 2.24) is 4.90 Å². The summed E-state index contributed by atoms with van der Waals surface area (Å²) < 4.78 is 4.81. The third-order valence-corrected chi connectivity index (χ3v) is 4.58. The molecular weight excluding hydrogens is 240 g/mol. The first kappa shape index (κ1) is 12.3. The number of para-hydroxylation sites is 1. The molecule has 0 N–H and O–H groups in total. The Labute approximate surface area is 113 Å². The number of amides is 1. The summed E-state index contributed by atoms with van der Waals surface area (Å²) in [6.07, 6.45) is 1.84. The fourth-order valence-electron chi connectivity index (χ4n) is 3.55. The molecule has 102 valence electrons. The molecule has 1 fully saturated rings. The van der Waals surface area contributed by atoms with Crippen LogP contribution in [-0.2, 0) is 10.2 Å². The summed E-state index contributed by atoms with van der Waals surface area (Å²) in [5.74, 6) is 0. The van der Waals surface area contributed by atoms with Gasteiger partial charge in [0, 0.05) is 37.8 Å². The first-order valence-electron chi connectivity index (χ1n) is 6.80. The van der Waals surface area contributed by atoms with Crippen molar-refractivity contribution in [2.45, 2.75) is 18.3 Å². The van der Waals surface area contributed by atoms with Crippen LogP contribution in [0.15, 0.2) is 24.3 Å². The lowest BCUT2D eigenvalue weighted by atomic mass is 9.74. The van der Waals surface area contributed by atoms with Crippen LogP contribution < -0.4 is 4.90 Å². The Morgan fingerprint density at radius 2 is 1.95 bits per heavy atom. The highest BCUT2D eigenvalue weighted by Crippen LogP contribution is 2.46. The molecule has 0 aromatic heterocycles. The molecular formula is C15H20N2O2. The standard InChI is InChI=1S/C15H20N2O2/c1-16-11-15(12-5-3-4-6-13(12)16)7-9-17(10-8-15)14(18)19-2/h3-6H,7-11H2,1-2H3. The van der Waals surface area contributed by atoms with Crippen LogP contribution in [0.3, 0.4) is 0 Å². The van der Waals surface area contributed by atoms with Gasteiger partial charge >= 0.3 is 6.09 Å². The molecule has 0 unspecified atom stereocenters. The summed E-state index contributed by atoms with van der Waals surface area (Å²) in [7, 11) is 3.60. The number of hydrogen-bond acceptors (Lipinski definition) is 3. The van der Waals surface area contributed by atoms with Gasteiger partial charge in [-0.15, -0.1) is 0 Å². The molecule has 19 heavy (non-hydrogen) atoms. The molecule has 2 aliphatic rings. The van der Waals surface area contributed by atoms with Crippen molar-refractivity contribution in [3.8, 4) is 0 Å². The van der Waals surface area contributed by atoms with Gasteiger partial charge in [-0.05, 0) is 24.5 Å². The molecule has 2 aliphatic heterocycles. The van der Waals surface area contributed by atoms with E-state index in [0.29, 0.717) is 0 Å². The number of piperidine rings is 1. The fourth-order valence-corrected chi connectivity index (χ4v) is 3.55. The van der Waals surface area contributed by atoms with Gasteiger partial charge in [-0.25, -0.2) is 4.79 Å². The van der Waals surface area contributed by atoms with Gasteiger partial charge in [0.25, 0.3) is 0 Å². The van der Waals surface area contributed by atoms with Gasteiger partial charge in [-0.1, -0.05) is 18.2 Å². The van der Waals surface area contributed by atoms with Gasteiger partial charge in [-0.2, -0.15) is 0 Å². The maximum atomic E-state index is 11.6. The Kier molecular flexibility index (Phi) is 2.88.